The smallest absolute Gasteiger partial charge is 0.324 e. The van der Waals surface area contributed by atoms with Crippen LogP contribution < -0.4 is 10.6 Å². The van der Waals surface area contributed by atoms with Gasteiger partial charge >= 0.3 is 76.0 Å². The predicted octanol–water partition coefficient (Wildman–Crippen LogP) is 7.86. The highest BCUT2D eigenvalue weighted by Crippen LogP contribution is 2.74. The van der Waals surface area contributed by atoms with E-state index in [2.05, 4.69) is 17.6 Å². The van der Waals surface area contributed by atoms with Crippen LogP contribution in [0.4, 0.5) is 0 Å². The third-order valence-electron chi connectivity index (χ3n) is 15.7. The first-order chi connectivity index (χ1) is 39.9. The van der Waals surface area contributed by atoms with Crippen molar-refractivity contribution in [3.63, 3.8) is 0 Å². The standard InChI is InChI=1S/C12H29NO6P2.C11H27NO6P2.C9H22O6P2.C8H21NO6P2.C7H19NO6P2/c1-5-6-7-9-13(11(2)3)10-8-12(4,20(14,15)16)21(17,18)19;1-10(2)12-9-7-5-4-6-8-11(3,19(13,14)15)20(16,17)18;1-8(2)6-4-5-7-9(3,16(10,11)12)17(13,14)15;1-7(2)9(4)6-5-8(3,16(10,11)12)17(13,14)15;1-6(2)8-5-4-7(3,15(9,10)11)16(12,13)14/h11H,5-10H2,1-4H3,(H2,14,15,16)(H2,17,18,19);10,12H,4-9H2,1-3H3,(H2,13,14,15)(H2,16,17,18);8H,4-7H2,1-3H3,(H2,10,11,12)(H2,13,14,15);7H,5-6H2,1-4H3,(H2,10,11,12)(H2,13,14,15);6,8H,4-5H2,1-3H3,(H2,9,10,11)(H2,12,13,14). The summed E-state index contributed by atoms with van der Waals surface area (Å²) in [6.07, 6.45) is 6.75. The van der Waals surface area contributed by atoms with Gasteiger partial charge < -0.3 is 118 Å². The van der Waals surface area contributed by atoms with Gasteiger partial charge in [-0.15, -0.1) is 0 Å². The number of nitrogens with one attached hydrogen (secondary N) is 2. The lowest BCUT2D eigenvalue weighted by molar-refractivity contribution is 0.203. The molecule has 0 aromatic rings. The topological polar surface area (TPSA) is 606 Å². The number of hydrogen-bond donors (Lipinski definition) is 22. The minimum absolute atomic E-state index is 0.0813. The van der Waals surface area contributed by atoms with E-state index < -0.39 is 100 Å². The normalized spacial score (nSPS) is 14.3. The molecule has 0 saturated carbocycles. The van der Waals surface area contributed by atoms with Crippen LogP contribution in [-0.2, 0) is 45.7 Å². The lowest BCUT2D eigenvalue weighted by atomic mass is 10.0. The van der Waals surface area contributed by atoms with E-state index in [0.29, 0.717) is 37.6 Å². The maximum Gasteiger partial charge on any atom is 0.343 e. The molecule has 0 aliphatic rings. The van der Waals surface area contributed by atoms with E-state index in [-0.39, 0.29) is 69.9 Å². The van der Waals surface area contributed by atoms with Crippen molar-refractivity contribution in [2.24, 2.45) is 5.92 Å². The first kappa shape index (κ1) is 101. The fraction of sp³-hybridized carbons (Fsp3) is 1.00. The molecule has 0 heterocycles. The van der Waals surface area contributed by atoms with Crippen molar-refractivity contribution < 1.29 is 144 Å². The Labute approximate surface area is 539 Å². The molecular weight excluding hydrogens is 1410 g/mol. The highest BCUT2D eigenvalue weighted by molar-refractivity contribution is 7.74. The van der Waals surface area contributed by atoms with Gasteiger partial charge in [0, 0.05) is 30.7 Å². The molecule has 34 nitrogen and oxygen atoms in total. The fourth-order valence-electron chi connectivity index (χ4n) is 7.44. The summed E-state index contributed by atoms with van der Waals surface area (Å²) in [6.45, 7) is 28.5. The number of rotatable bonds is 39. The zero-order chi connectivity index (χ0) is 74.1. The monoisotopic (exact) mass is 1530 g/mol. The maximum absolute atomic E-state index is 11.5. The molecule has 0 aliphatic carbocycles. The molecular formula is C47H118N4O30P10. The van der Waals surface area contributed by atoms with Crippen LogP contribution in [0.15, 0.2) is 0 Å². The molecule has 0 saturated heterocycles. The van der Waals surface area contributed by atoms with Crippen LogP contribution in [0.1, 0.15) is 207 Å². The summed E-state index contributed by atoms with van der Waals surface area (Å²) < 4.78 is 113. The number of unbranched alkanes of at least 4 members (excludes halogenated alkanes) is 6. The molecule has 0 rings (SSSR count). The minimum Gasteiger partial charge on any atom is -0.324 e. The first-order valence-corrected chi connectivity index (χ1v) is 45.5. The Kier molecular flexibility index (Phi) is 45.8. The van der Waals surface area contributed by atoms with E-state index in [9.17, 15) is 84.8 Å². The van der Waals surface area contributed by atoms with Crippen LogP contribution in [-0.4, -0.2) is 196 Å². The Morgan fingerprint density at radius 2 is 0.593 bits per heavy atom. The number of hydrogen-bond acceptors (Lipinski definition) is 14. The molecule has 0 atom stereocenters. The van der Waals surface area contributed by atoms with Gasteiger partial charge in [0.15, 0.2) is 24.5 Å². The van der Waals surface area contributed by atoms with Crippen molar-refractivity contribution in [2.45, 2.75) is 256 Å². The quantitative estimate of drug-likeness (QED) is 0.0205. The Balaban J connectivity index is -0.000000340. The molecule has 0 aromatic heterocycles. The molecule has 0 aromatic carbocycles. The zero-order valence-electron chi connectivity index (χ0n) is 55.9. The molecule has 556 valence electrons. The second-order valence-corrected chi connectivity index (χ2v) is 47.7. The maximum atomic E-state index is 11.5. The molecule has 0 spiro atoms. The minimum atomic E-state index is -4.92. The summed E-state index contributed by atoms with van der Waals surface area (Å²) in [5.74, 6) is 0.464. The van der Waals surface area contributed by atoms with Crippen LogP contribution in [0.3, 0.4) is 0 Å². The zero-order valence-corrected chi connectivity index (χ0v) is 64.9. The predicted molar refractivity (Wildman–Crippen MR) is 353 cm³/mol. The summed E-state index contributed by atoms with van der Waals surface area (Å²) in [7, 11) is -47.0. The van der Waals surface area contributed by atoms with Crippen molar-refractivity contribution in [1.82, 2.24) is 20.4 Å². The van der Waals surface area contributed by atoms with E-state index in [1.54, 1.807) is 11.9 Å². The molecule has 0 unspecified atom stereocenters. The van der Waals surface area contributed by atoms with E-state index in [1.807, 2.05) is 74.1 Å². The largest absolute Gasteiger partial charge is 0.343 e. The van der Waals surface area contributed by atoms with Crippen LogP contribution >= 0.6 is 76.0 Å². The second-order valence-electron chi connectivity index (χ2n) is 25.2. The summed E-state index contributed by atoms with van der Waals surface area (Å²) in [6, 6.07) is 0.785. The van der Waals surface area contributed by atoms with Crippen molar-refractivity contribution in [2.75, 3.05) is 39.8 Å². The Morgan fingerprint density at radius 3 is 0.868 bits per heavy atom. The Hall–Kier alpha value is 1.34. The molecule has 0 bridgehead atoms. The third kappa shape index (κ3) is 36.0. The van der Waals surface area contributed by atoms with Crippen molar-refractivity contribution in [3.8, 4) is 0 Å². The molecule has 0 radical (unpaired) electrons. The van der Waals surface area contributed by atoms with Crippen LogP contribution in [0.25, 0.3) is 0 Å². The molecule has 0 aliphatic heterocycles. The summed E-state index contributed by atoms with van der Waals surface area (Å²) in [5, 5.41) is 6.11. The van der Waals surface area contributed by atoms with Crippen molar-refractivity contribution in [3.05, 3.63) is 0 Å². The third-order valence-corrected chi connectivity index (χ3v) is 38.3. The van der Waals surface area contributed by atoms with Crippen molar-refractivity contribution in [1.29, 1.82) is 0 Å². The average molecular weight is 1530 g/mol. The van der Waals surface area contributed by atoms with E-state index in [0.717, 1.165) is 86.2 Å². The lowest BCUT2D eigenvalue weighted by Gasteiger charge is -2.34. The van der Waals surface area contributed by atoms with Crippen molar-refractivity contribution >= 4 is 76.0 Å². The SMILES string of the molecule is CC(C)CCCCC(C)(P(=O)(O)O)P(=O)(O)O.CC(C)N(C)CCC(C)(P(=O)(O)O)P(=O)(O)O.CC(C)NCCC(C)(P(=O)(O)O)P(=O)(O)O.CC(C)NCCCCCCC(C)(P(=O)(O)O)P(=O)(O)O.CCCCCN(CCC(C)(P(=O)(O)O)P(=O)(O)O)C(C)C. The molecule has 22 N–H and O–H groups in total. The Morgan fingerprint density at radius 1 is 0.319 bits per heavy atom. The van der Waals surface area contributed by atoms with Gasteiger partial charge in [0.2, 0.25) is 0 Å². The summed E-state index contributed by atoms with van der Waals surface area (Å²) in [4.78, 5) is 175. The van der Waals surface area contributed by atoms with Gasteiger partial charge in [-0.25, -0.2) is 0 Å². The van der Waals surface area contributed by atoms with Gasteiger partial charge in [-0.2, -0.15) is 0 Å². The molecule has 0 fully saturated rings. The highest BCUT2D eigenvalue weighted by atomic mass is 31.3. The summed E-state index contributed by atoms with van der Waals surface area (Å²) >= 11 is 0. The average Bonchev–Trinajstić information content (AvgIpc) is 0.984. The highest BCUT2D eigenvalue weighted by Gasteiger charge is 2.59. The number of nitrogens with zero attached hydrogens (tertiary/aromatic N) is 2. The van der Waals surface area contributed by atoms with Gasteiger partial charge in [-0.05, 0) is 146 Å². The molecule has 91 heavy (non-hydrogen) atoms. The van der Waals surface area contributed by atoms with Crippen LogP contribution in [0.2, 0.25) is 0 Å². The van der Waals surface area contributed by atoms with Gasteiger partial charge in [-0.1, -0.05) is 99.8 Å². The Bertz CT molecular complexity index is 2470. The van der Waals surface area contributed by atoms with Gasteiger partial charge in [0.25, 0.3) is 0 Å². The lowest BCUT2D eigenvalue weighted by Crippen LogP contribution is -2.37. The first-order valence-electron chi connectivity index (χ1n) is 29.4. The van der Waals surface area contributed by atoms with Crippen LogP contribution in [0.5, 0.6) is 0 Å². The van der Waals surface area contributed by atoms with E-state index in [1.165, 1.54) is 0 Å². The van der Waals surface area contributed by atoms with E-state index >= 15 is 0 Å². The summed E-state index contributed by atoms with van der Waals surface area (Å²) in [5.41, 5.74) is 0. The van der Waals surface area contributed by atoms with E-state index in [4.69, 9.17) is 58.7 Å². The van der Waals surface area contributed by atoms with Gasteiger partial charge in [-0.3, -0.25) is 45.7 Å². The fourth-order valence-corrected chi connectivity index (χ4v) is 18.4. The van der Waals surface area contributed by atoms with Gasteiger partial charge in [0.1, 0.15) is 0 Å². The molecule has 44 heteroatoms. The second kappa shape index (κ2) is 41.3. The molecule has 0 amide bonds. The van der Waals surface area contributed by atoms with Crippen LogP contribution in [0, 0.1) is 5.92 Å². The van der Waals surface area contributed by atoms with Gasteiger partial charge in [0.05, 0.1) is 0 Å².